The Labute approximate surface area is 171 Å². The molecular formula is C20H20ClN3O3S. The van der Waals surface area contributed by atoms with Gasteiger partial charge in [-0.15, -0.1) is 11.3 Å². The fraction of sp³-hybridized carbons (Fsp3) is 0.250. The number of amides is 1. The maximum atomic E-state index is 12.1. The summed E-state index contributed by atoms with van der Waals surface area (Å²) in [6, 6.07) is 10.4. The number of hydrogen-bond acceptors (Lipinski definition) is 6. The first-order valence-electron chi connectivity index (χ1n) is 8.75. The van der Waals surface area contributed by atoms with Crippen LogP contribution in [0.4, 0.5) is 17.1 Å². The number of nitrogens with one attached hydrogen (secondary N) is 2. The van der Waals surface area contributed by atoms with Crippen molar-refractivity contribution in [3.05, 3.63) is 71.6 Å². The lowest BCUT2D eigenvalue weighted by Crippen LogP contribution is -2.37. The standard InChI is InChI=1S/C20H20ClN3O3S/c1-4-13(14-8-9-15(21)28-14)23-17-16(18(25)19(17)26)22-12-7-5-6-11(10-12)20(27)24(2)3/h5-10,13,22-23H,4H2,1-3H3. The van der Waals surface area contributed by atoms with Gasteiger partial charge in [-0.1, -0.05) is 24.6 Å². The molecular weight excluding hydrogens is 398 g/mol. The van der Waals surface area contributed by atoms with Crippen LogP contribution in [0.5, 0.6) is 0 Å². The lowest BCUT2D eigenvalue weighted by atomic mass is 10.1. The zero-order chi connectivity index (χ0) is 20.4. The van der Waals surface area contributed by atoms with Crippen LogP contribution in [0.25, 0.3) is 0 Å². The highest BCUT2D eigenvalue weighted by Gasteiger charge is 2.24. The first-order valence-corrected chi connectivity index (χ1v) is 9.95. The molecule has 0 aliphatic heterocycles. The van der Waals surface area contributed by atoms with Gasteiger partial charge in [-0.05, 0) is 36.8 Å². The number of carbonyl (C=O) groups is 1. The Morgan fingerprint density at radius 3 is 2.46 bits per heavy atom. The number of hydrogen-bond donors (Lipinski definition) is 2. The van der Waals surface area contributed by atoms with Crippen LogP contribution in [0.15, 0.2) is 46.0 Å². The summed E-state index contributed by atoms with van der Waals surface area (Å²) in [5, 5.41) is 6.14. The lowest BCUT2D eigenvalue weighted by Gasteiger charge is -2.21. The molecule has 2 aromatic carbocycles. The first-order chi connectivity index (χ1) is 13.3. The molecule has 3 rings (SSSR count). The highest BCUT2D eigenvalue weighted by atomic mass is 35.5. The third-order valence-corrected chi connectivity index (χ3v) is 5.70. The Bertz CT molecular complexity index is 1080. The maximum absolute atomic E-state index is 12.1. The van der Waals surface area contributed by atoms with E-state index in [1.54, 1.807) is 44.4 Å². The Balaban J connectivity index is 1.84. The van der Waals surface area contributed by atoms with Crippen molar-refractivity contribution < 1.29 is 4.79 Å². The minimum absolute atomic E-state index is 0.122. The van der Waals surface area contributed by atoms with E-state index in [0.29, 0.717) is 15.6 Å². The topological polar surface area (TPSA) is 78.5 Å². The van der Waals surface area contributed by atoms with Gasteiger partial charge in [0.05, 0.1) is 10.4 Å². The second-order valence-corrected chi connectivity index (χ2v) is 8.31. The molecule has 1 aromatic heterocycles. The van der Waals surface area contributed by atoms with Crippen molar-refractivity contribution in [1.29, 1.82) is 0 Å². The summed E-state index contributed by atoms with van der Waals surface area (Å²) in [7, 11) is 3.34. The van der Waals surface area contributed by atoms with E-state index in [4.69, 9.17) is 11.6 Å². The zero-order valence-electron chi connectivity index (χ0n) is 15.7. The van der Waals surface area contributed by atoms with Gasteiger partial charge in [0, 0.05) is 30.2 Å². The van der Waals surface area contributed by atoms with Crippen molar-refractivity contribution in [3.63, 3.8) is 0 Å². The molecule has 0 aliphatic carbocycles. The Morgan fingerprint density at radius 1 is 1.14 bits per heavy atom. The van der Waals surface area contributed by atoms with E-state index < -0.39 is 10.9 Å². The molecule has 146 valence electrons. The van der Waals surface area contributed by atoms with E-state index >= 15 is 0 Å². The van der Waals surface area contributed by atoms with Gasteiger partial charge in [0.2, 0.25) is 0 Å². The Hall–Kier alpha value is -2.64. The second kappa shape index (κ2) is 8.16. The second-order valence-electron chi connectivity index (χ2n) is 6.56. The predicted molar refractivity (Wildman–Crippen MR) is 115 cm³/mol. The van der Waals surface area contributed by atoms with Crippen LogP contribution in [0.3, 0.4) is 0 Å². The van der Waals surface area contributed by atoms with Crippen molar-refractivity contribution in [3.8, 4) is 0 Å². The minimum Gasteiger partial charge on any atom is -0.372 e. The van der Waals surface area contributed by atoms with Crippen molar-refractivity contribution in [2.45, 2.75) is 19.4 Å². The van der Waals surface area contributed by atoms with Gasteiger partial charge in [0.15, 0.2) is 0 Å². The fourth-order valence-corrected chi connectivity index (χ4v) is 4.04. The summed E-state index contributed by atoms with van der Waals surface area (Å²) in [5.74, 6) is -0.146. The summed E-state index contributed by atoms with van der Waals surface area (Å²) in [5.41, 5.74) is 0.388. The van der Waals surface area contributed by atoms with Gasteiger partial charge in [-0.3, -0.25) is 14.4 Å². The third kappa shape index (κ3) is 3.95. The molecule has 1 heterocycles. The average Bonchev–Trinajstić information content (AvgIpc) is 3.12. The van der Waals surface area contributed by atoms with Gasteiger partial charge in [0.25, 0.3) is 16.8 Å². The average molecular weight is 418 g/mol. The van der Waals surface area contributed by atoms with Gasteiger partial charge in [-0.25, -0.2) is 0 Å². The van der Waals surface area contributed by atoms with Crippen LogP contribution in [0.1, 0.15) is 34.6 Å². The largest absolute Gasteiger partial charge is 0.372 e. The molecule has 0 radical (unpaired) electrons. The number of halogens is 1. The Morgan fingerprint density at radius 2 is 1.86 bits per heavy atom. The van der Waals surface area contributed by atoms with E-state index in [1.165, 1.54) is 16.2 Å². The number of benzene rings is 1. The Kier molecular flexibility index (Phi) is 5.86. The molecule has 3 aromatic rings. The smallest absolute Gasteiger partial charge is 0.253 e. The molecule has 8 heteroatoms. The molecule has 1 amide bonds. The molecule has 1 unspecified atom stereocenters. The number of rotatable bonds is 7. The fourth-order valence-electron chi connectivity index (χ4n) is 2.85. The number of nitrogens with zero attached hydrogens (tertiary/aromatic N) is 1. The highest BCUT2D eigenvalue weighted by molar-refractivity contribution is 7.16. The van der Waals surface area contributed by atoms with Crippen molar-refractivity contribution >= 4 is 45.9 Å². The minimum atomic E-state index is -0.578. The third-order valence-electron chi connectivity index (χ3n) is 4.36. The number of thiophene rings is 1. The van der Waals surface area contributed by atoms with Crippen LogP contribution < -0.4 is 21.5 Å². The van der Waals surface area contributed by atoms with Gasteiger partial charge in [-0.2, -0.15) is 0 Å². The monoisotopic (exact) mass is 417 g/mol. The normalized spacial score (nSPS) is 12.0. The van der Waals surface area contributed by atoms with E-state index in [0.717, 1.165) is 11.3 Å². The summed E-state index contributed by atoms with van der Waals surface area (Å²) in [4.78, 5) is 38.8. The van der Waals surface area contributed by atoms with Crippen LogP contribution in [-0.4, -0.2) is 24.9 Å². The molecule has 0 fully saturated rings. The van der Waals surface area contributed by atoms with E-state index in [9.17, 15) is 14.4 Å². The lowest BCUT2D eigenvalue weighted by molar-refractivity contribution is 0.0827. The molecule has 0 saturated heterocycles. The number of anilines is 3. The first kappa shape index (κ1) is 20.1. The summed E-state index contributed by atoms with van der Waals surface area (Å²) >= 11 is 7.44. The van der Waals surface area contributed by atoms with E-state index in [1.807, 2.05) is 13.0 Å². The summed E-state index contributed by atoms with van der Waals surface area (Å²) < 4.78 is 0.668. The van der Waals surface area contributed by atoms with Gasteiger partial charge in [0.1, 0.15) is 11.4 Å². The molecule has 6 nitrogen and oxygen atoms in total. The van der Waals surface area contributed by atoms with Gasteiger partial charge >= 0.3 is 0 Å². The molecule has 28 heavy (non-hydrogen) atoms. The van der Waals surface area contributed by atoms with Crippen LogP contribution >= 0.6 is 22.9 Å². The van der Waals surface area contributed by atoms with Crippen LogP contribution in [-0.2, 0) is 0 Å². The quantitative estimate of drug-likeness (QED) is 0.568. The van der Waals surface area contributed by atoms with Crippen molar-refractivity contribution in [2.24, 2.45) is 0 Å². The molecule has 0 bridgehead atoms. The van der Waals surface area contributed by atoms with E-state index in [2.05, 4.69) is 10.6 Å². The van der Waals surface area contributed by atoms with Gasteiger partial charge < -0.3 is 15.5 Å². The summed E-state index contributed by atoms with van der Waals surface area (Å²) in [6.45, 7) is 1.99. The molecule has 0 aliphatic rings. The van der Waals surface area contributed by atoms with E-state index in [-0.39, 0.29) is 23.3 Å². The highest BCUT2D eigenvalue weighted by Crippen LogP contribution is 2.32. The van der Waals surface area contributed by atoms with Crippen LogP contribution in [0, 0.1) is 0 Å². The van der Waals surface area contributed by atoms with Crippen LogP contribution in [0.2, 0.25) is 4.34 Å². The molecule has 1 atom stereocenters. The predicted octanol–water partition coefficient (Wildman–Crippen LogP) is 4.01. The SMILES string of the molecule is CCC(Nc1c(Nc2cccc(C(=O)N(C)C)c2)c(=O)c1=O)c1ccc(Cl)s1. The number of carbonyl (C=O) groups excluding carboxylic acids is 1. The molecule has 0 spiro atoms. The molecule has 2 N–H and O–H groups in total. The zero-order valence-corrected chi connectivity index (χ0v) is 17.3. The summed E-state index contributed by atoms with van der Waals surface area (Å²) in [6.07, 6.45) is 0.724. The molecule has 0 saturated carbocycles. The maximum Gasteiger partial charge on any atom is 0.253 e. The van der Waals surface area contributed by atoms with Crippen molar-refractivity contribution in [1.82, 2.24) is 4.90 Å². The van der Waals surface area contributed by atoms with Crippen molar-refractivity contribution in [2.75, 3.05) is 24.7 Å².